The van der Waals surface area contributed by atoms with Gasteiger partial charge in [-0.15, -0.1) is 0 Å². The highest BCUT2D eigenvalue weighted by molar-refractivity contribution is 5.74. The number of hydrogen-bond acceptors (Lipinski definition) is 3. The molecule has 3 atom stereocenters. The summed E-state index contributed by atoms with van der Waals surface area (Å²) in [5.74, 6) is 1.05. The van der Waals surface area contributed by atoms with Gasteiger partial charge in [0.05, 0.1) is 12.5 Å². The minimum atomic E-state index is 0.0547. The summed E-state index contributed by atoms with van der Waals surface area (Å²) in [6.45, 7) is 0.650. The third-order valence-electron chi connectivity index (χ3n) is 4.60. The molecule has 3 aliphatic rings. The van der Waals surface area contributed by atoms with E-state index in [2.05, 4.69) is 5.32 Å². The fourth-order valence-corrected chi connectivity index (χ4v) is 3.30. The molecule has 2 heterocycles. The first-order valence-electron chi connectivity index (χ1n) is 6.75. The summed E-state index contributed by atoms with van der Waals surface area (Å²) in [6, 6.07) is 1.01. The van der Waals surface area contributed by atoms with Crippen LogP contribution in [0.2, 0.25) is 0 Å². The van der Waals surface area contributed by atoms with Crippen LogP contribution in [0.25, 0.3) is 0 Å². The van der Waals surface area contributed by atoms with E-state index >= 15 is 0 Å². The van der Waals surface area contributed by atoms with E-state index in [0.29, 0.717) is 18.7 Å². The second-order valence-corrected chi connectivity index (χ2v) is 5.64. The Morgan fingerprint density at radius 2 is 2.12 bits per heavy atom. The van der Waals surface area contributed by atoms with Gasteiger partial charge in [0.2, 0.25) is 0 Å². The predicted octanol–water partition coefficient (Wildman–Crippen LogP) is 1.86. The number of carbonyl (C=O) groups is 1. The molecule has 3 heteroatoms. The van der Waals surface area contributed by atoms with Crippen molar-refractivity contribution in [1.82, 2.24) is 5.32 Å². The summed E-state index contributed by atoms with van der Waals surface area (Å²) >= 11 is 0. The zero-order valence-corrected chi connectivity index (χ0v) is 9.78. The highest BCUT2D eigenvalue weighted by Crippen LogP contribution is 2.34. The van der Waals surface area contributed by atoms with Gasteiger partial charge < -0.3 is 10.1 Å². The van der Waals surface area contributed by atoms with E-state index in [1.165, 1.54) is 25.7 Å². The number of carbonyl (C=O) groups excluding carboxylic acids is 1. The van der Waals surface area contributed by atoms with Gasteiger partial charge in [0.1, 0.15) is 0 Å². The molecule has 1 aliphatic carbocycles. The van der Waals surface area contributed by atoms with Crippen LogP contribution >= 0.6 is 0 Å². The van der Waals surface area contributed by atoms with Gasteiger partial charge in [0, 0.05) is 12.1 Å². The SMILES string of the molecule is O=C(OCCC1CCC1)C1CC2CCC1N2. The van der Waals surface area contributed by atoms with Crippen molar-refractivity contribution in [3.8, 4) is 0 Å². The average Bonchev–Trinajstić information content (AvgIpc) is 2.82. The number of fused-ring (bicyclic) bond motifs is 2. The Hall–Kier alpha value is -0.570. The molecule has 3 nitrogen and oxygen atoms in total. The highest BCUT2D eigenvalue weighted by atomic mass is 16.5. The van der Waals surface area contributed by atoms with Crippen molar-refractivity contribution in [2.24, 2.45) is 11.8 Å². The first kappa shape index (κ1) is 10.6. The van der Waals surface area contributed by atoms with Crippen LogP contribution in [0.4, 0.5) is 0 Å². The third-order valence-corrected chi connectivity index (χ3v) is 4.60. The molecule has 0 aromatic heterocycles. The van der Waals surface area contributed by atoms with Gasteiger partial charge in [-0.25, -0.2) is 0 Å². The van der Waals surface area contributed by atoms with Crippen molar-refractivity contribution in [3.05, 3.63) is 0 Å². The first-order valence-corrected chi connectivity index (χ1v) is 6.75. The summed E-state index contributed by atoms with van der Waals surface area (Å²) in [7, 11) is 0. The van der Waals surface area contributed by atoms with Crippen LogP contribution in [0.5, 0.6) is 0 Å². The fraction of sp³-hybridized carbons (Fsp3) is 0.923. The van der Waals surface area contributed by atoms with E-state index in [9.17, 15) is 4.79 Å². The lowest BCUT2D eigenvalue weighted by atomic mass is 9.83. The van der Waals surface area contributed by atoms with E-state index in [0.717, 1.165) is 25.2 Å². The molecule has 0 amide bonds. The molecule has 1 N–H and O–H groups in total. The normalized spacial score (nSPS) is 37.4. The molecule has 0 aromatic carbocycles. The summed E-state index contributed by atoms with van der Waals surface area (Å²) in [6.07, 6.45) is 8.55. The Labute approximate surface area is 96.9 Å². The molecule has 3 unspecified atom stereocenters. The Balaban J connectivity index is 1.39. The molecule has 2 bridgehead atoms. The number of ether oxygens (including phenoxy) is 1. The maximum atomic E-state index is 11.9. The van der Waals surface area contributed by atoms with Gasteiger partial charge in [-0.1, -0.05) is 19.3 Å². The Bertz CT molecular complexity index is 275. The molecule has 3 fully saturated rings. The quantitative estimate of drug-likeness (QED) is 0.739. The van der Waals surface area contributed by atoms with E-state index in [1.807, 2.05) is 0 Å². The van der Waals surface area contributed by atoms with Crippen molar-refractivity contribution in [1.29, 1.82) is 0 Å². The van der Waals surface area contributed by atoms with E-state index < -0.39 is 0 Å². The summed E-state index contributed by atoms with van der Waals surface area (Å²) < 4.78 is 5.41. The number of esters is 1. The second kappa shape index (κ2) is 4.36. The van der Waals surface area contributed by atoms with E-state index in [1.54, 1.807) is 0 Å². The van der Waals surface area contributed by atoms with E-state index in [4.69, 9.17) is 4.74 Å². The molecule has 3 rings (SSSR count). The van der Waals surface area contributed by atoms with Crippen molar-refractivity contribution >= 4 is 5.97 Å². The molecular formula is C13H21NO2. The van der Waals surface area contributed by atoms with Gasteiger partial charge in [-0.2, -0.15) is 0 Å². The van der Waals surface area contributed by atoms with Gasteiger partial charge >= 0.3 is 5.97 Å². The fourth-order valence-electron chi connectivity index (χ4n) is 3.30. The second-order valence-electron chi connectivity index (χ2n) is 5.64. The maximum Gasteiger partial charge on any atom is 0.310 e. The Morgan fingerprint density at radius 3 is 2.69 bits per heavy atom. The third kappa shape index (κ3) is 1.97. The minimum Gasteiger partial charge on any atom is -0.465 e. The predicted molar refractivity (Wildman–Crippen MR) is 61.0 cm³/mol. The molecule has 0 aromatic rings. The molecule has 2 aliphatic heterocycles. The van der Waals surface area contributed by atoms with Crippen LogP contribution in [0.15, 0.2) is 0 Å². The summed E-state index contributed by atoms with van der Waals surface area (Å²) in [5, 5.41) is 3.48. The van der Waals surface area contributed by atoms with Crippen molar-refractivity contribution < 1.29 is 9.53 Å². The first-order chi connectivity index (χ1) is 7.83. The van der Waals surface area contributed by atoms with Crippen molar-refractivity contribution in [3.63, 3.8) is 0 Å². The average molecular weight is 223 g/mol. The van der Waals surface area contributed by atoms with Crippen LogP contribution < -0.4 is 5.32 Å². The zero-order valence-electron chi connectivity index (χ0n) is 9.78. The minimum absolute atomic E-state index is 0.0547. The van der Waals surface area contributed by atoms with Crippen molar-refractivity contribution in [2.75, 3.05) is 6.61 Å². The molecule has 16 heavy (non-hydrogen) atoms. The summed E-state index contributed by atoms with van der Waals surface area (Å²) in [4.78, 5) is 11.9. The zero-order chi connectivity index (χ0) is 11.0. The largest absolute Gasteiger partial charge is 0.465 e. The smallest absolute Gasteiger partial charge is 0.310 e. The van der Waals surface area contributed by atoms with Crippen LogP contribution in [-0.2, 0) is 9.53 Å². The van der Waals surface area contributed by atoms with Gasteiger partial charge in [-0.05, 0) is 31.6 Å². The molecule has 90 valence electrons. The topological polar surface area (TPSA) is 38.3 Å². The number of nitrogens with one attached hydrogen (secondary N) is 1. The van der Waals surface area contributed by atoms with Gasteiger partial charge in [-0.3, -0.25) is 4.79 Å². The maximum absolute atomic E-state index is 11.9. The Kier molecular flexibility index (Phi) is 2.88. The lowest BCUT2D eigenvalue weighted by Gasteiger charge is -2.25. The molecule has 0 radical (unpaired) electrons. The number of hydrogen-bond donors (Lipinski definition) is 1. The van der Waals surface area contributed by atoms with E-state index in [-0.39, 0.29) is 11.9 Å². The van der Waals surface area contributed by atoms with Crippen LogP contribution in [0, 0.1) is 11.8 Å². The van der Waals surface area contributed by atoms with Crippen LogP contribution in [0.3, 0.4) is 0 Å². The monoisotopic (exact) mass is 223 g/mol. The van der Waals surface area contributed by atoms with Crippen LogP contribution in [0.1, 0.15) is 44.9 Å². The van der Waals surface area contributed by atoms with Gasteiger partial charge in [0.25, 0.3) is 0 Å². The van der Waals surface area contributed by atoms with Gasteiger partial charge in [0.15, 0.2) is 0 Å². The summed E-state index contributed by atoms with van der Waals surface area (Å²) in [5.41, 5.74) is 0. The molecular weight excluding hydrogens is 202 g/mol. The highest BCUT2D eigenvalue weighted by Gasteiger charge is 2.43. The molecule has 1 saturated carbocycles. The lowest BCUT2D eigenvalue weighted by molar-refractivity contribution is -0.149. The molecule has 0 spiro atoms. The number of rotatable bonds is 4. The van der Waals surface area contributed by atoms with Crippen LogP contribution in [-0.4, -0.2) is 24.7 Å². The van der Waals surface area contributed by atoms with Crippen molar-refractivity contribution in [2.45, 2.75) is 57.0 Å². The lowest BCUT2D eigenvalue weighted by Crippen LogP contribution is -2.30. The standard InChI is InChI=1S/C13H21NO2/c15-13(16-7-6-9-2-1-3-9)11-8-10-4-5-12(11)14-10/h9-12,14H,1-8H2. The Morgan fingerprint density at radius 1 is 1.25 bits per heavy atom. The molecule has 2 saturated heterocycles.